The molecule has 1 atom stereocenters. The third-order valence-corrected chi connectivity index (χ3v) is 3.36. The molecule has 0 aromatic heterocycles. The van der Waals surface area contributed by atoms with Crippen molar-refractivity contribution in [2.45, 2.75) is 26.3 Å². The highest BCUT2D eigenvalue weighted by molar-refractivity contribution is 5.95. The van der Waals surface area contributed by atoms with Gasteiger partial charge in [0.05, 0.1) is 0 Å². The molecule has 1 heterocycles. The van der Waals surface area contributed by atoms with Gasteiger partial charge in [0.25, 0.3) is 0 Å². The lowest BCUT2D eigenvalue weighted by molar-refractivity contribution is 0.250. The fraction of sp³-hybridized carbons (Fsp3) is 0.462. The molecule has 1 unspecified atom stereocenters. The van der Waals surface area contributed by atoms with Crippen LogP contribution in [0.25, 0.3) is 0 Å². The molecule has 1 aromatic carbocycles. The van der Waals surface area contributed by atoms with Gasteiger partial charge in [-0.2, -0.15) is 0 Å². The van der Waals surface area contributed by atoms with E-state index in [9.17, 15) is 4.79 Å². The Kier molecular flexibility index (Phi) is 3.33. The van der Waals surface area contributed by atoms with Crippen LogP contribution in [0, 0.1) is 13.8 Å². The first kappa shape index (κ1) is 11.9. The van der Waals surface area contributed by atoms with Gasteiger partial charge in [-0.25, -0.2) is 4.79 Å². The van der Waals surface area contributed by atoms with E-state index in [0.29, 0.717) is 13.1 Å². The summed E-state index contributed by atoms with van der Waals surface area (Å²) in [5.74, 6) is 0. The van der Waals surface area contributed by atoms with Crippen LogP contribution in [0.15, 0.2) is 18.2 Å². The van der Waals surface area contributed by atoms with E-state index in [1.165, 1.54) is 5.56 Å². The molecule has 1 fully saturated rings. The number of rotatable bonds is 3. The highest BCUT2D eigenvalue weighted by Gasteiger charge is 2.29. The number of carbonyl (C=O) groups excluding carboxylic acids is 1. The quantitative estimate of drug-likeness (QED) is 0.832. The molecule has 0 radical (unpaired) electrons. The number of amides is 2. The molecule has 3 N–H and O–H groups in total. The Bertz CT molecular complexity index is 431. The predicted molar refractivity (Wildman–Crippen MR) is 69.3 cm³/mol. The van der Waals surface area contributed by atoms with Crippen molar-refractivity contribution < 1.29 is 4.79 Å². The third-order valence-electron chi connectivity index (χ3n) is 3.36. The Morgan fingerprint density at radius 2 is 2.24 bits per heavy atom. The first-order chi connectivity index (χ1) is 8.13. The van der Waals surface area contributed by atoms with Crippen molar-refractivity contribution >= 4 is 11.7 Å². The van der Waals surface area contributed by atoms with Crippen LogP contribution in [-0.2, 0) is 0 Å². The van der Waals surface area contributed by atoms with Gasteiger partial charge in [-0.15, -0.1) is 0 Å². The van der Waals surface area contributed by atoms with E-state index >= 15 is 0 Å². The highest BCUT2D eigenvalue weighted by Crippen LogP contribution is 2.25. The van der Waals surface area contributed by atoms with Gasteiger partial charge in [-0.3, -0.25) is 4.90 Å². The summed E-state index contributed by atoms with van der Waals surface area (Å²) < 4.78 is 0. The summed E-state index contributed by atoms with van der Waals surface area (Å²) in [6.07, 6.45) is 0.826. The Morgan fingerprint density at radius 1 is 1.47 bits per heavy atom. The maximum absolute atomic E-state index is 11.9. The zero-order chi connectivity index (χ0) is 12.4. The van der Waals surface area contributed by atoms with E-state index in [2.05, 4.69) is 18.3 Å². The van der Waals surface area contributed by atoms with Crippen molar-refractivity contribution in [3.63, 3.8) is 0 Å². The summed E-state index contributed by atoms with van der Waals surface area (Å²) in [5.41, 5.74) is 8.89. The van der Waals surface area contributed by atoms with Crippen LogP contribution in [0.1, 0.15) is 17.5 Å². The van der Waals surface area contributed by atoms with Gasteiger partial charge in [-0.05, 0) is 44.0 Å². The minimum atomic E-state index is -0.0165. The van der Waals surface area contributed by atoms with Crippen molar-refractivity contribution in [3.05, 3.63) is 29.3 Å². The maximum atomic E-state index is 11.9. The van der Waals surface area contributed by atoms with Gasteiger partial charge in [0.2, 0.25) is 0 Å². The molecule has 4 heteroatoms. The summed E-state index contributed by atoms with van der Waals surface area (Å²) in [6.45, 7) is 5.42. The predicted octanol–water partition coefficient (Wildman–Crippen LogP) is 1.55. The standard InChI is InChI=1S/C13H19N3O/c1-9-4-3-5-12(10(9)2)16-8-11(6-7-14)15-13(16)17/h3-5,11H,6-8,14H2,1-2H3,(H,15,17). The third kappa shape index (κ3) is 2.26. The second kappa shape index (κ2) is 4.75. The summed E-state index contributed by atoms with van der Waals surface area (Å²) >= 11 is 0. The number of aryl methyl sites for hydroxylation is 1. The van der Waals surface area contributed by atoms with E-state index in [-0.39, 0.29) is 12.1 Å². The number of nitrogens with one attached hydrogen (secondary N) is 1. The van der Waals surface area contributed by atoms with Gasteiger partial charge in [0.1, 0.15) is 0 Å². The number of hydrogen-bond acceptors (Lipinski definition) is 2. The van der Waals surface area contributed by atoms with Crippen molar-refractivity contribution in [3.8, 4) is 0 Å². The molecule has 17 heavy (non-hydrogen) atoms. The first-order valence-electron chi connectivity index (χ1n) is 5.98. The lowest BCUT2D eigenvalue weighted by atomic mass is 10.1. The SMILES string of the molecule is Cc1cccc(N2CC(CCN)NC2=O)c1C. The van der Waals surface area contributed by atoms with Gasteiger partial charge >= 0.3 is 6.03 Å². The Labute approximate surface area is 102 Å². The Hall–Kier alpha value is -1.55. The number of carbonyl (C=O) groups is 1. The van der Waals surface area contributed by atoms with Gasteiger partial charge in [-0.1, -0.05) is 12.1 Å². The summed E-state index contributed by atoms with van der Waals surface area (Å²) in [7, 11) is 0. The van der Waals surface area contributed by atoms with Crippen molar-refractivity contribution in [1.82, 2.24) is 5.32 Å². The molecule has 92 valence electrons. The number of anilines is 1. The van der Waals surface area contributed by atoms with Crippen molar-refractivity contribution in [2.75, 3.05) is 18.0 Å². The zero-order valence-corrected chi connectivity index (χ0v) is 10.4. The Balaban J connectivity index is 2.23. The fourth-order valence-corrected chi connectivity index (χ4v) is 2.20. The number of nitrogens with two attached hydrogens (primary N) is 1. The smallest absolute Gasteiger partial charge is 0.322 e. The molecule has 0 spiro atoms. The van der Waals surface area contributed by atoms with Crippen LogP contribution in [0.3, 0.4) is 0 Å². The van der Waals surface area contributed by atoms with Crippen LogP contribution in [0.5, 0.6) is 0 Å². The monoisotopic (exact) mass is 233 g/mol. The minimum absolute atomic E-state index is 0.0165. The molecule has 4 nitrogen and oxygen atoms in total. The summed E-state index contributed by atoms with van der Waals surface area (Å²) in [5, 5.41) is 2.96. The van der Waals surface area contributed by atoms with Gasteiger partial charge in [0.15, 0.2) is 0 Å². The average molecular weight is 233 g/mol. The van der Waals surface area contributed by atoms with E-state index in [4.69, 9.17) is 5.73 Å². The topological polar surface area (TPSA) is 58.4 Å². The maximum Gasteiger partial charge on any atom is 0.322 e. The van der Waals surface area contributed by atoms with Crippen LogP contribution in [0.4, 0.5) is 10.5 Å². The van der Waals surface area contributed by atoms with Gasteiger partial charge < -0.3 is 11.1 Å². The van der Waals surface area contributed by atoms with E-state index in [1.54, 1.807) is 0 Å². The van der Waals surface area contributed by atoms with E-state index in [0.717, 1.165) is 17.7 Å². The van der Waals surface area contributed by atoms with Crippen molar-refractivity contribution in [1.29, 1.82) is 0 Å². The van der Waals surface area contributed by atoms with Crippen LogP contribution in [0.2, 0.25) is 0 Å². The summed E-state index contributed by atoms with van der Waals surface area (Å²) in [6, 6.07) is 6.20. The number of hydrogen-bond donors (Lipinski definition) is 2. The molecule has 1 saturated heterocycles. The minimum Gasteiger partial charge on any atom is -0.333 e. The largest absolute Gasteiger partial charge is 0.333 e. The normalized spacial score (nSPS) is 19.6. The Morgan fingerprint density at radius 3 is 2.94 bits per heavy atom. The first-order valence-corrected chi connectivity index (χ1v) is 5.98. The molecule has 1 aliphatic heterocycles. The molecular weight excluding hydrogens is 214 g/mol. The number of urea groups is 1. The molecule has 0 aliphatic carbocycles. The molecule has 2 rings (SSSR count). The second-order valence-corrected chi connectivity index (χ2v) is 4.55. The molecule has 1 aliphatic rings. The molecule has 2 amide bonds. The summed E-state index contributed by atoms with van der Waals surface area (Å²) in [4.78, 5) is 13.7. The van der Waals surface area contributed by atoms with E-state index < -0.39 is 0 Å². The highest BCUT2D eigenvalue weighted by atomic mass is 16.2. The number of nitrogens with zero attached hydrogens (tertiary/aromatic N) is 1. The average Bonchev–Trinajstić information content (AvgIpc) is 2.64. The van der Waals surface area contributed by atoms with Crippen molar-refractivity contribution in [2.24, 2.45) is 5.73 Å². The van der Waals surface area contributed by atoms with Gasteiger partial charge in [0, 0.05) is 18.3 Å². The molecule has 0 saturated carbocycles. The zero-order valence-electron chi connectivity index (χ0n) is 10.4. The van der Waals surface area contributed by atoms with Crippen LogP contribution >= 0.6 is 0 Å². The van der Waals surface area contributed by atoms with Crippen LogP contribution < -0.4 is 16.0 Å². The lowest BCUT2D eigenvalue weighted by Crippen LogP contribution is -2.29. The van der Waals surface area contributed by atoms with E-state index in [1.807, 2.05) is 24.0 Å². The molecule has 0 bridgehead atoms. The number of benzene rings is 1. The molecule has 1 aromatic rings. The molecular formula is C13H19N3O. The fourth-order valence-electron chi connectivity index (χ4n) is 2.20. The second-order valence-electron chi connectivity index (χ2n) is 4.55. The van der Waals surface area contributed by atoms with Crippen LogP contribution in [-0.4, -0.2) is 25.2 Å². The lowest BCUT2D eigenvalue weighted by Gasteiger charge is -2.18.